The molecular weight excluding hydrogens is 402 g/mol. The quantitative estimate of drug-likeness (QED) is 0.679. The molecule has 1 aliphatic heterocycles. The van der Waals surface area contributed by atoms with Crippen LogP contribution in [0.25, 0.3) is 0 Å². The van der Waals surface area contributed by atoms with Crippen LogP contribution >= 0.6 is 0 Å². The molecule has 7 rings (SSSR count). The number of carbonyl (C=O) groups excluding carboxylic acids is 2. The molecule has 1 aromatic carbocycles. The lowest BCUT2D eigenvalue weighted by molar-refractivity contribution is -0.128. The summed E-state index contributed by atoms with van der Waals surface area (Å²) in [4.78, 5) is 28.6. The van der Waals surface area contributed by atoms with E-state index in [0.29, 0.717) is 35.4 Å². The SMILES string of the molecule is O=C1[C@H]2C#C/C=C/C#CC[C@@H]1c1cc(O)ccc1N2C(=O)OC12CC3CC(CC(C3)C1)C2. The minimum absolute atomic E-state index is 0.0560. The summed E-state index contributed by atoms with van der Waals surface area (Å²) in [5, 5.41) is 10.1. The molecule has 32 heavy (non-hydrogen) atoms. The van der Waals surface area contributed by atoms with Gasteiger partial charge in [0.25, 0.3) is 0 Å². The number of anilines is 1. The van der Waals surface area contributed by atoms with Gasteiger partial charge in [0.05, 0.1) is 11.6 Å². The van der Waals surface area contributed by atoms with Gasteiger partial charge in [-0.15, -0.1) is 0 Å². The number of rotatable bonds is 1. The van der Waals surface area contributed by atoms with Crippen molar-refractivity contribution in [3.05, 3.63) is 35.9 Å². The molecule has 5 aliphatic carbocycles. The van der Waals surface area contributed by atoms with Gasteiger partial charge in [0.2, 0.25) is 0 Å². The molecule has 4 fully saturated rings. The fourth-order valence-corrected chi connectivity index (χ4v) is 7.02. The molecule has 0 unspecified atom stereocenters. The number of carbonyl (C=O) groups is 2. The Morgan fingerprint density at radius 2 is 1.75 bits per heavy atom. The zero-order valence-electron chi connectivity index (χ0n) is 17.8. The maximum atomic E-state index is 13.7. The number of ether oxygens (including phenoxy) is 1. The molecule has 1 N–H and O–H groups in total. The molecule has 0 aromatic heterocycles. The molecule has 1 amide bonds. The second kappa shape index (κ2) is 7.17. The van der Waals surface area contributed by atoms with Gasteiger partial charge in [-0.3, -0.25) is 9.69 Å². The van der Waals surface area contributed by atoms with Gasteiger partial charge in [-0.05, 0) is 92.2 Å². The number of benzene rings is 1. The van der Waals surface area contributed by atoms with Crippen LogP contribution in [0.15, 0.2) is 30.4 Å². The summed E-state index contributed by atoms with van der Waals surface area (Å²) in [5.41, 5.74) is 0.764. The molecule has 0 radical (unpaired) electrons. The highest BCUT2D eigenvalue weighted by Gasteiger charge is 2.54. The number of nitrogens with zero attached hydrogens (tertiary/aromatic N) is 1. The van der Waals surface area contributed by atoms with Gasteiger partial charge in [-0.25, -0.2) is 4.79 Å². The second-order valence-electron chi connectivity index (χ2n) is 10.1. The Morgan fingerprint density at radius 3 is 2.47 bits per heavy atom. The van der Waals surface area contributed by atoms with Gasteiger partial charge in [0.1, 0.15) is 11.4 Å². The van der Waals surface area contributed by atoms with E-state index in [4.69, 9.17) is 4.74 Å². The van der Waals surface area contributed by atoms with E-state index in [9.17, 15) is 14.7 Å². The van der Waals surface area contributed by atoms with Crippen molar-refractivity contribution in [1.29, 1.82) is 0 Å². The van der Waals surface area contributed by atoms with E-state index >= 15 is 0 Å². The van der Waals surface area contributed by atoms with Crippen LogP contribution < -0.4 is 4.90 Å². The van der Waals surface area contributed by atoms with E-state index in [-0.39, 0.29) is 11.5 Å². The fraction of sp³-hybridized carbons (Fsp3) is 0.481. The Labute approximate surface area is 187 Å². The molecule has 4 saturated carbocycles. The van der Waals surface area contributed by atoms with E-state index in [0.717, 1.165) is 19.3 Å². The van der Waals surface area contributed by atoms with Crippen LogP contribution in [-0.4, -0.2) is 28.6 Å². The minimum Gasteiger partial charge on any atom is -0.508 e. The second-order valence-corrected chi connectivity index (χ2v) is 10.1. The average molecular weight is 428 g/mol. The standard InChI is InChI=1S/C27H25NO4/c29-20-8-9-23-22(13-20)21-6-4-2-1-3-5-7-24(25(21)30)28(23)26(31)32-27-14-17-10-18(15-27)12-19(11-17)16-27/h1,3,8-9,13,17-19,21,24,29H,6,10-12,14-16H2/b3-1+/t17?,18?,19?,21-,24-,27?/m1/s1. The highest BCUT2D eigenvalue weighted by molar-refractivity contribution is 6.08. The minimum atomic E-state index is -0.928. The number of amides is 1. The molecule has 5 nitrogen and oxygen atoms in total. The summed E-state index contributed by atoms with van der Waals surface area (Å²) < 4.78 is 6.30. The van der Waals surface area contributed by atoms with Gasteiger partial charge < -0.3 is 9.84 Å². The molecule has 0 spiro atoms. The first-order valence-corrected chi connectivity index (χ1v) is 11.5. The van der Waals surface area contributed by atoms with E-state index < -0.39 is 23.7 Å². The maximum absolute atomic E-state index is 13.7. The Kier molecular flexibility index (Phi) is 4.37. The van der Waals surface area contributed by atoms with E-state index in [2.05, 4.69) is 23.7 Å². The third-order valence-electron chi connectivity index (χ3n) is 7.88. The van der Waals surface area contributed by atoms with Gasteiger partial charge in [0.15, 0.2) is 11.8 Å². The van der Waals surface area contributed by atoms with E-state index in [1.807, 2.05) is 0 Å². The Balaban J connectivity index is 1.40. The largest absolute Gasteiger partial charge is 0.508 e. The number of allylic oxidation sites excluding steroid dienone is 2. The van der Waals surface area contributed by atoms with Crippen LogP contribution in [0.2, 0.25) is 0 Å². The number of aromatic hydroxyl groups is 1. The summed E-state index contributed by atoms with van der Waals surface area (Å²) >= 11 is 0. The third-order valence-corrected chi connectivity index (χ3v) is 7.88. The first kappa shape index (κ1) is 19.5. The predicted molar refractivity (Wildman–Crippen MR) is 119 cm³/mol. The normalized spacial score (nSPS) is 36.8. The van der Waals surface area contributed by atoms with Crippen molar-refractivity contribution in [1.82, 2.24) is 0 Å². The molecule has 6 aliphatic rings. The lowest BCUT2D eigenvalue weighted by Crippen LogP contribution is -2.57. The van der Waals surface area contributed by atoms with Crippen molar-refractivity contribution in [3.63, 3.8) is 0 Å². The van der Waals surface area contributed by atoms with Crippen molar-refractivity contribution in [2.75, 3.05) is 4.90 Å². The Morgan fingerprint density at radius 1 is 1.06 bits per heavy atom. The average Bonchev–Trinajstić information content (AvgIpc) is 2.73. The zero-order chi connectivity index (χ0) is 21.9. The summed E-state index contributed by atoms with van der Waals surface area (Å²) in [6.45, 7) is 0. The summed E-state index contributed by atoms with van der Waals surface area (Å²) in [7, 11) is 0. The maximum Gasteiger partial charge on any atom is 0.416 e. The molecule has 5 heteroatoms. The molecular formula is C27H25NO4. The predicted octanol–water partition coefficient (Wildman–Crippen LogP) is 4.31. The molecule has 2 atom stereocenters. The summed E-state index contributed by atoms with van der Waals surface area (Å²) in [6, 6.07) is 3.87. The van der Waals surface area contributed by atoms with Gasteiger partial charge >= 0.3 is 6.09 Å². The number of ketones is 1. The third kappa shape index (κ3) is 3.11. The molecule has 1 aromatic rings. The Bertz CT molecular complexity index is 1120. The number of phenols is 1. The monoisotopic (exact) mass is 427 g/mol. The van der Waals surface area contributed by atoms with Gasteiger partial charge in [-0.2, -0.15) is 0 Å². The van der Waals surface area contributed by atoms with Crippen LogP contribution in [0.4, 0.5) is 10.5 Å². The lowest BCUT2D eigenvalue weighted by atomic mass is 9.54. The smallest absolute Gasteiger partial charge is 0.416 e. The van der Waals surface area contributed by atoms with Crippen molar-refractivity contribution < 1.29 is 19.4 Å². The van der Waals surface area contributed by atoms with Crippen LogP contribution in [0.5, 0.6) is 5.75 Å². The molecule has 0 saturated heterocycles. The van der Waals surface area contributed by atoms with Gasteiger partial charge in [-0.1, -0.05) is 23.7 Å². The van der Waals surface area contributed by atoms with Crippen molar-refractivity contribution in [2.45, 2.75) is 62.5 Å². The zero-order valence-corrected chi connectivity index (χ0v) is 17.8. The molecule has 6 bridgehead atoms. The van der Waals surface area contributed by atoms with Crippen LogP contribution in [0.1, 0.15) is 56.4 Å². The van der Waals surface area contributed by atoms with Crippen molar-refractivity contribution >= 4 is 17.6 Å². The summed E-state index contributed by atoms with van der Waals surface area (Å²) in [6.07, 6.45) is 9.60. The highest BCUT2D eigenvalue weighted by atomic mass is 16.6. The summed E-state index contributed by atoms with van der Waals surface area (Å²) in [5.74, 6) is 13.0. The number of Topliss-reactive ketones (excluding diaryl/α,β-unsaturated/α-hetero) is 1. The van der Waals surface area contributed by atoms with Crippen LogP contribution in [0, 0.1) is 41.4 Å². The molecule has 1 heterocycles. The van der Waals surface area contributed by atoms with Crippen LogP contribution in [-0.2, 0) is 9.53 Å². The first-order chi connectivity index (χ1) is 15.5. The Hall–Kier alpha value is -3.18. The van der Waals surface area contributed by atoms with E-state index in [1.165, 1.54) is 24.2 Å². The number of fused-ring (bicyclic) bond motifs is 4. The first-order valence-electron chi connectivity index (χ1n) is 11.5. The van der Waals surface area contributed by atoms with Crippen molar-refractivity contribution in [3.8, 4) is 29.4 Å². The van der Waals surface area contributed by atoms with E-state index in [1.54, 1.807) is 30.4 Å². The van der Waals surface area contributed by atoms with Gasteiger partial charge in [0, 0.05) is 6.42 Å². The fourth-order valence-electron chi connectivity index (χ4n) is 7.02. The number of hydrogen-bond donors (Lipinski definition) is 1. The molecule has 162 valence electrons. The number of hydrogen-bond acceptors (Lipinski definition) is 4. The lowest BCUT2D eigenvalue weighted by Gasteiger charge is -2.56. The van der Waals surface area contributed by atoms with Crippen LogP contribution in [0.3, 0.4) is 0 Å². The number of phenolic OH excluding ortho intramolecular Hbond substituents is 1. The topological polar surface area (TPSA) is 66.8 Å². The highest BCUT2D eigenvalue weighted by Crippen LogP contribution is 2.57. The van der Waals surface area contributed by atoms with Crippen molar-refractivity contribution in [2.24, 2.45) is 17.8 Å².